The Kier molecular flexibility index (Phi) is 7.23. The Hall–Kier alpha value is -2.71. The topological polar surface area (TPSA) is 78.0 Å². The number of nitrogens with zero attached hydrogens (tertiary/aromatic N) is 2. The van der Waals surface area contributed by atoms with E-state index >= 15 is 0 Å². The maximum atomic E-state index is 13.3. The molecule has 1 aromatic carbocycles. The van der Waals surface area contributed by atoms with E-state index in [-0.39, 0.29) is 49.3 Å². The highest BCUT2D eigenvalue weighted by molar-refractivity contribution is 6.29. The molecule has 7 nitrogen and oxygen atoms in total. The average Bonchev–Trinajstić information content (AvgIpc) is 2.73. The van der Waals surface area contributed by atoms with Crippen molar-refractivity contribution in [3.8, 4) is 5.88 Å². The summed E-state index contributed by atoms with van der Waals surface area (Å²) in [6, 6.07) is 7.49. The summed E-state index contributed by atoms with van der Waals surface area (Å²) in [6.07, 6.45) is 0.398. The number of rotatable bonds is 7. The summed E-state index contributed by atoms with van der Waals surface area (Å²) in [5.74, 6) is -1.03. The minimum atomic E-state index is -0.442. The number of esters is 1. The molecule has 0 bridgehead atoms. The van der Waals surface area contributed by atoms with Crippen molar-refractivity contribution in [1.29, 1.82) is 0 Å². The highest BCUT2D eigenvalue weighted by Gasteiger charge is 2.34. The van der Waals surface area contributed by atoms with Gasteiger partial charge in [-0.05, 0) is 35.7 Å². The van der Waals surface area contributed by atoms with E-state index < -0.39 is 5.97 Å². The summed E-state index contributed by atoms with van der Waals surface area (Å²) in [5, 5.41) is 0. The zero-order valence-electron chi connectivity index (χ0n) is 16.7. The number of pyridine rings is 1. The molecule has 1 unspecified atom stereocenters. The van der Waals surface area contributed by atoms with Crippen molar-refractivity contribution in [2.24, 2.45) is 0 Å². The molecule has 0 fully saturated rings. The number of carbonyl (C=O) groups excluding carboxylic acids is 2. The van der Waals surface area contributed by atoms with E-state index in [1.165, 1.54) is 24.0 Å². The van der Waals surface area contributed by atoms with Gasteiger partial charge < -0.3 is 14.2 Å². The molecule has 1 atom stereocenters. The fraction of sp³-hybridized carbons (Fsp3) is 0.381. The van der Waals surface area contributed by atoms with E-state index in [4.69, 9.17) is 25.8 Å². The lowest BCUT2D eigenvalue weighted by Gasteiger charge is -2.36. The van der Waals surface area contributed by atoms with Crippen LogP contribution in [0.2, 0.25) is 0 Å². The van der Waals surface area contributed by atoms with Gasteiger partial charge in [-0.1, -0.05) is 12.1 Å². The number of anilines is 1. The van der Waals surface area contributed by atoms with Gasteiger partial charge in [-0.3, -0.25) is 14.5 Å². The van der Waals surface area contributed by atoms with Crippen molar-refractivity contribution >= 4 is 29.2 Å². The van der Waals surface area contributed by atoms with Crippen LogP contribution in [0.4, 0.5) is 10.1 Å². The van der Waals surface area contributed by atoms with Gasteiger partial charge in [-0.25, -0.2) is 9.37 Å². The fourth-order valence-corrected chi connectivity index (χ4v) is 3.40. The number of fused-ring (bicyclic) bond motifs is 1. The SMILES string of the molecule is COCC1COc2nc(COC(C)=O)c(Cc3ccc(F)cc3)cc2N1C(=O)CCl. The molecule has 2 heterocycles. The van der Waals surface area contributed by atoms with Crippen LogP contribution in [-0.2, 0) is 32.1 Å². The molecule has 0 N–H and O–H groups in total. The maximum absolute atomic E-state index is 13.3. The number of halogens is 2. The van der Waals surface area contributed by atoms with Crippen molar-refractivity contribution in [1.82, 2.24) is 4.98 Å². The number of aromatic nitrogens is 1. The van der Waals surface area contributed by atoms with Gasteiger partial charge in [0.05, 0.1) is 18.3 Å². The second kappa shape index (κ2) is 9.86. The summed E-state index contributed by atoms with van der Waals surface area (Å²) >= 11 is 5.83. The number of alkyl halides is 1. The Morgan fingerprint density at radius 1 is 1.33 bits per heavy atom. The molecule has 2 aromatic rings. The molecule has 1 aromatic heterocycles. The summed E-state index contributed by atoms with van der Waals surface area (Å²) < 4.78 is 29.4. The van der Waals surface area contributed by atoms with E-state index in [1.54, 1.807) is 25.3 Å². The lowest BCUT2D eigenvalue weighted by Crippen LogP contribution is -2.50. The Labute approximate surface area is 178 Å². The number of hydrogen-bond acceptors (Lipinski definition) is 6. The molecule has 1 aliphatic rings. The number of hydrogen-bond donors (Lipinski definition) is 0. The zero-order valence-corrected chi connectivity index (χ0v) is 17.4. The first-order valence-corrected chi connectivity index (χ1v) is 9.86. The van der Waals surface area contributed by atoms with Crippen molar-refractivity contribution in [3.05, 3.63) is 53.0 Å². The van der Waals surface area contributed by atoms with Crippen LogP contribution in [0.1, 0.15) is 23.7 Å². The lowest BCUT2D eigenvalue weighted by molar-refractivity contribution is -0.142. The zero-order chi connectivity index (χ0) is 21.7. The maximum Gasteiger partial charge on any atom is 0.303 e. The molecular weight excluding hydrogens is 415 g/mol. The van der Waals surface area contributed by atoms with Gasteiger partial charge in [0.15, 0.2) is 0 Å². The number of carbonyl (C=O) groups is 2. The Morgan fingerprint density at radius 2 is 2.07 bits per heavy atom. The van der Waals surface area contributed by atoms with E-state index in [0.717, 1.165) is 11.1 Å². The summed E-state index contributed by atoms with van der Waals surface area (Å²) in [5.41, 5.74) is 2.52. The van der Waals surface area contributed by atoms with Gasteiger partial charge in [0, 0.05) is 14.0 Å². The molecule has 1 aliphatic heterocycles. The highest BCUT2D eigenvalue weighted by Crippen LogP contribution is 2.35. The molecule has 0 radical (unpaired) electrons. The van der Waals surface area contributed by atoms with Gasteiger partial charge in [0.2, 0.25) is 11.8 Å². The molecule has 0 aliphatic carbocycles. The first-order valence-electron chi connectivity index (χ1n) is 9.33. The minimum Gasteiger partial charge on any atom is -0.474 e. The number of methoxy groups -OCH3 is 1. The summed E-state index contributed by atoms with van der Waals surface area (Å²) in [4.78, 5) is 29.9. The average molecular weight is 437 g/mol. The van der Waals surface area contributed by atoms with Gasteiger partial charge >= 0.3 is 5.97 Å². The van der Waals surface area contributed by atoms with Crippen LogP contribution >= 0.6 is 11.6 Å². The van der Waals surface area contributed by atoms with Gasteiger partial charge in [0.25, 0.3) is 0 Å². The monoisotopic (exact) mass is 436 g/mol. The van der Waals surface area contributed by atoms with Crippen LogP contribution in [0, 0.1) is 5.82 Å². The summed E-state index contributed by atoms with van der Waals surface area (Å²) in [6.45, 7) is 1.73. The third kappa shape index (κ3) is 5.06. The van der Waals surface area contributed by atoms with E-state index in [9.17, 15) is 14.0 Å². The van der Waals surface area contributed by atoms with Gasteiger partial charge in [-0.15, -0.1) is 11.6 Å². The highest BCUT2D eigenvalue weighted by atomic mass is 35.5. The first-order chi connectivity index (χ1) is 14.4. The van der Waals surface area contributed by atoms with E-state index in [1.807, 2.05) is 0 Å². The normalized spacial score (nSPS) is 15.3. The van der Waals surface area contributed by atoms with Crippen LogP contribution < -0.4 is 9.64 Å². The molecule has 0 saturated heterocycles. The lowest BCUT2D eigenvalue weighted by atomic mass is 10.0. The third-order valence-electron chi connectivity index (χ3n) is 4.64. The molecular formula is C21H22ClFN2O5. The molecule has 1 amide bonds. The first kappa shape index (κ1) is 22.0. The van der Waals surface area contributed by atoms with Gasteiger partial charge in [0.1, 0.15) is 30.6 Å². The second-order valence-electron chi connectivity index (χ2n) is 6.82. The number of ether oxygens (including phenoxy) is 3. The van der Waals surface area contributed by atoms with E-state index in [0.29, 0.717) is 17.8 Å². The van der Waals surface area contributed by atoms with Crippen LogP contribution in [0.3, 0.4) is 0 Å². The third-order valence-corrected chi connectivity index (χ3v) is 4.87. The van der Waals surface area contributed by atoms with Crippen LogP contribution in [0.25, 0.3) is 0 Å². The minimum absolute atomic E-state index is 0.0482. The molecule has 9 heteroatoms. The van der Waals surface area contributed by atoms with Gasteiger partial charge in [-0.2, -0.15) is 0 Å². The smallest absolute Gasteiger partial charge is 0.303 e. The van der Waals surface area contributed by atoms with Crippen molar-refractivity contribution in [3.63, 3.8) is 0 Å². The van der Waals surface area contributed by atoms with Crippen LogP contribution in [0.15, 0.2) is 30.3 Å². The molecule has 0 saturated carbocycles. The van der Waals surface area contributed by atoms with Crippen molar-refractivity contribution < 1.29 is 28.2 Å². The predicted octanol–water partition coefficient (Wildman–Crippen LogP) is 2.85. The number of benzene rings is 1. The fourth-order valence-electron chi connectivity index (χ4n) is 3.27. The Bertz CT molecular complexity index is 922. The standard InChI is InChI=1S/C21H22ClFN2O5/c1-13(26)29-12-18-15(7-14-3-5-16(23)6-4-14)8-19-21(24-18)30-11-17(10-28-2)25(19)20(27)9-22/h3-6,8,17H,7,9-12H2,1-2H3. The molecule has 0 spiro atoms. The largest absolute Gasteiger partial charge is 0.474 e. The molecule has 3 rings (SSSR count). The molecule has 160 valence electrons. The quantitative estimate of drug-likeness (QED) is 0.490. The second-order valence-corrected chi connectivity index (χ2v) is 7.09. The Morgan fingerprint density at radius 3 is 2.70 bits per heavy atom. The predicted molar refractivity (Wildman–Crippen MR) is 108 cm³/mol. The van der Waals surface area contributed by atoms with Crippen LogP contribution in [0.5, 0.6) is 5.88 Å². The summed E-state index contributed by atoms with van der Waals surface area (Å²) in [7, 11) is 1.54. The van der Waals surface area contributed by atoms with Crippen molar-refractivity contribution in [2.75, 3.05) is 31.1 Å². The number of amides is 1. The molecule has 30 heavy (non-hydrogen) atoms. The van der Waals surface area contributed by atoms with E-state index in [2.05, 4.69) is 4.98 Å². The van der Waals surface area contributed by atoms with Crippen molar-refractivity contribution in [2.45, 2.75) is 26.0 Å². The van der Waals surface area contributed by atoms with Crippen LogP contribution in [-0.4, -0.2) is 49.1 Å². The Balaban J connectivity index is 2.04.